The van der Waals surface area contributed by atoms with Gasteiger partial charge in [-0.1, -0.05) is 30.3 Å². The third-order valence-corrected chi connectivity index (χ3v) is 5.05. The van der Waals surface area contributed by atoms with Crippen LogP contribution in [-0.2, 0) is 16.0 Å². The summed E-state index contributed by atoms with van der Waals surface area (Å²) in [6.45, 7) is 4.97. The molecule has 1 N–H and O–H groups in total. The highest BCUT2D eigenvalue weighted by Gasteiger charge is 2.35. The van der Waals surface area contributed by atoms with Crippen LogP contribution in [-0.4, -0.2) is 31.0 Å². The molecule has 0 spiro atoms. The van der Waals surface area contributed by atoms with Crippen molar-refractivity contribution in [2.45, 2.75) is 39.2 Å². The quantitative estimate of drug-likeness (QED) is 0.762. The van der Waals surface area contributed by atoms with Crippen LogP contribution in [0.2, 0.25) is 0 Å². The van der Waals surface area contributed by atoms with Crippen LogP contribution >= 0.6 is 0 Å². The second-order valence-corrected chi connectivity index (χ2v) is 7.27. The predicted octanol–water partition coefficient (Wildman–Crippen LogP) is 3.58. The van der Waals surface area contributed by atoms with Crippen molar-refractivity contribution in [1.82, 2.24) is 5.32 Å². The normalized spacial score (nSPS) is 17.4. The van der Waals surface area contributed by atoms with Gasteiger partial charge in [0.15, 0.2) is 0 Å². The fraction of sp³-hybridized carbons (Fsp3) is 0.391. The van der Waals surface area contributed by atoms with E-state index in [0.717, 1.165) is 24.3 Å². The van der Waals surface area contributed by atoms with E-state index in [1.54, 1.807) is 4.90 Å². The van der Waals surface area contributed by atoms with Crippen LogP contribution in [0.3, 0.4) is 0 Å². The zero-order chi connectivity index (χ0) is 19.9. The van der Waals surface area contributed by atoms with Gasteiger partial charge in [0.1, 0.15) is 5.75 Å². The van der Waals surface area contributed by atoms with Gasteiger partial charge in [0.2, 0.25) is 11.8 Å². The number of carbonyl (C=O) groups excluding carboxylic acids is 2. The molecule has 28 heavy (non-hydrogen) atoms. The van der Waals surface area contributed by atoms with Crippen LogP contribution in [0, 0.1) is 5.92 Å². The maximum atomic E-state index is 12.6. The number of hydrogen-bond donors (Lipinski definition) is 1. The molecular formula is C23H28N2O3. The first kappa shape index (κ1) is 19.9. The van der Waals surface area contributed by atoms with Crippen molar-refractivity contribution in [2.75, 3.05) is 18.1 Å². The molecule has 2 aromatic rings. The molecular weight excluding hydrogens is 352 g/mol. The molecule has 1 aliphatic rings. The Morgan fingerprint density at radius 1 is 1.18 bits per heavy atom. The molecule has 0 radical (unpaired) electrons. The maximum absolute atomic E-state index is 12.6. The lowest BCUT2D eigenvalue weighted by Crippen LogP contribution is -2.38. The molecule has 1 saturated heterocycles. The van der Waals surface area contributed by atoms with E-state index in [1.165, 1.54) is 5.56 Å². The minimum atomic E-state index is -0.307. The minimum Gasteiger partial charge on any atom is -0.494 e. The Balaban J connectivity index is 1.51. The summed E-state index contributed by atoms with van der Waals surface area (Å²) in [5.74, 6) is 0.418. The highest BCUT2D eigenvalue weighted by atomic mass is 16.5. The lowest BCUT2D eigenvalue weighted by Gasteiger charge is -2.19. The predicted molar refractivity (Wildman–Crippen MR) is 110 cm³/mol. The highest BCUT2D eigenvalue weighted by molar-refractivity contribution is 6.00. The SMILES string of the molecule is CCOc1ccc(N2CC(C(=O)NC(C)CCc3ccccc3)CC2=O)cc1. The summed E-state index contributed by atoms with van der Waals surface area (Å²) >= 11 is 0. The second kappa shape index (κ2) is 9.40. The molecule has 2 unspecified atom stereocenters. The average molecular weight is 380 g/mol. The van der Waals surface area contributed by atoms with Gasteiger partial charge in [0.25, 0.3) is 0 Å². The van der Waals surface area contributed by atoms with Crippen molar-refractivity contribution >= 4 is 17.5 Å². The highest BCUT2D eigenvalue weighted by Crippen LogP contribution is 2.27. The molecule has 2 aromatic carbocycles. The zero-order valence-corrected chi connectivity index (χ0v) is 16.6. The molecule has 0 saturated carbocycles. The Morgan fingerprint density at radius 3 is 2.57 bits per heavy atom. The van der Waals surface area contributed by atoms with Crippen molar-refractivity contribution in [2.24, 2.45) is 5.92 Å². The molecule has 2 amide bonds. The fourth-order valence-corrected chi connectivity index (χ4v) is 3.48. The van der Waals surface area contributed by atoms with Crippen molar-refractivity contribution in [1.29, 1.82) is 0 Å². The fourth-order valence-electron chi connectivity index (χ4n) is 3.48. The van der Waals surface area contributed by atoms with Crippen LogP contribution in [0.1, 0.15) is 32.3 Å². The Kier molecular flexibility index (Phi) is 6.69. The molecule has 5 nitrogen and oxygen atoms in total. The Bertz CT molecular complexity index is 789. The molecule has 1 heterocycles. The number of hydrogen-bond acceptors (Lipinski definition) is 3. The first-order chi connectivity index (χ1) is 13.6. The summed E-state index contributed by atoms with van der Waals surface area (Å²) in [4.78, 5) is 26.7. The van der Waals surface area contributed by atoms with Gasteiger partial charge >= 0.3 is 0 Å². The number of carbonyl (C=O) groups is 2. The smallest absolute Gasteiger partial charge is 0.227 e. The number of aryl methyl sites for hydroxylation is 1. The summed E-state index contributed by atoms with van der Waals surface area (Å²) in [5, 5.41) is 3.07. The first-order valence-corrected chi connectivity index (χ1v) is 9.94. The number of anilines is 1. The van der Waals surface area contributed by atoms with Crippen molar-refractivity contribution in [3.8, 4) is 5.75 Å². The van der Waals surface area contributed by atoms with E-state index >= 15 is 0 Å². The summed E-state index contributed by atoms with van der Waals surface area (Å²) in [6, 6.07) is 17.8. The van der Waals surface area contributed by atoms with Crippen LogP contribution in [0.15, 0.2) is 54.6 Å². The van der Waals surface area contributed by atoms with Gasteiger partial charge in [-0.25, -0.2) is 0 Å². The molecule has 148 valence electrons. The molecule has 1 fully saturated rings. The molecule has 0 aliphatic carbocycles. The zero-order valence-electron chi connectivity index (χ0n) is 16.6. The molecule has 0 aromatic heterocycles. The van der Waals surface area contributed by atoms with E-state index in [1.807, 2.05) is 56.3 Å². The van der Waals surface area contributed by atoms with Gasteiger partial charge in [-0.05, 0) is 56.5 Å². The van der Waals surface area contributed by atoms with Crippen LogP contribution in [0.25, 0.3) is 0 Å². The van der Waals surface area contributed by atoms with Gasteiger partial charge in [0.05, 0.1) is 12.5 Å². The molecule has 1 aliphatic heterocycles. The summed E-state index contributed by atoms with van der Waals surface area (Å²) < 4.78 is 5.44. The number of amides is 2. The number of nitrogens with one attached hydrogen (secondary N) is 1. The first-order valence-electron chi connectivity index (χ1n) is 9.94. The van der Waals surface area contributed by atoms with Gasteiger partial charge in [-0.3, -0.25) is 9.59 Å². The lowest BCUT2D eigenvalue weighted by atomic mass is 10.0. The number of benzene rings is 2. The van der Waals surface area contributed by atoms with Crippen LogP contribution in [0.4, 0.5) is 5.69 Å². The van der Waals surface area contributed by atoms with E-state index in [2.05, 4.69) is 17.4 Å². The second-order valence-electron chi connectivity index (χ2n) is 7.27. The van der Waals surface area contributed by atoms with E-state index in [9.17, 15) is 9.59 Å². The van der Waals surface area contributed by atoms with E-state index in [4.69, 9.17) is 4.74 Å². The van der Waals surface area contributed by atoms with Gasteiger partial charge in [-0.2, -0.15) is 0 Å². The third kappa shape index (κ3) is 5.12. The van der Waals surface area contributed by atoms with Crippen molar-refractivity contribution in [3.05, 3.63) is 60.2 Å². The molecule has 5 heteroatoms. The third-order valence-electron chi connectivity index (χ3n) is 5.05. The van der Waals surface area contributed by atoms with E-state index in [-0.39, 0.29) is 30.2 Å². The number of rotatable bonds is 8. The minimum absolute atomic E-state index is 0.0127. The lowest BCUT2D eigenvalue weighted by molar-refractivity contribution is -0.126. The molecule has 3 rings (SSSR count). The maximum Gasteiger partial charge on any atom is 0.227 e. The number of nitrogens with zero attached hydrogens (tertiary/aromatic N) is 1. The van der Waals surface area contributed by atoms with Gasteiger partial charge in [-0.15, -0.1) is 0 Å². The summed E-state index contributed by atoms with van der Waals surface area (Å²) in [7, 11) is 0. The topological polar surface area (TPSA) is 58.6 Å². The summed E-state index contributed by atoms with van der Waals surface area (Å²) in [5.41, 5.74) is 2.07. The Labute approximate surface area is 166 Å². The van der Waals surface area contributed by atoms with Crippen molar-refractivity contribution < 1.29 is 14.3 Å². The molecule has 2 atom stereocenters. The standard InChI is InChI=1S/C23H28N2O3/c1-3-28-21-13-11-20(12-14-21)25-16-19(15-22(25)26)23(27)24-17(2)9-10-18-7-5-4-6-8-18/h4-8,11-14,17,19H,3,9-10,15-16H2,1-2H3,(H,24,27). The van der Waals surface area contributed by atoms with Crippen molar-refractivity contribution in [3.63, 3.8) is 0 Å². The van der Waals surface area contributed by atoms with Crippen LogP contribution < -0.4 is 15.0 Å². The van der Waals surface area contributed by atoms with Crippen LogP contribution in [0.5, 0.6) is 5.75 Å². The largest absolute Gasteiger partial charge is 0.494 e. The monoisotopic (exact) mass is 380 g/mol. The number of ether oxygens (including phenoxy) is 1. The Morgan fingerprint density at radius 2 is 1.89 bits per heavy atom. The van der Waals surface area contributed by atoms with Gasteiger partial charge in [0, 0.05) is 24.7 Å². The van der Waals surface area contributed by atoms with E-state index in [0.29, 0.717) is 13.2 Å². The average Bonchev–Trinajstić information content (AvgIpc) is 3.10. The van der Waals surface area contributed by atoms with E-state index < -0.39 is 0 Å². The molecule has 0 bridgehead atoms. The summed E-state index contributed by atoms with van der Waals surface area (Å²) in [6.07, 6.45) is 2.05. The van der Waals surface area contributed by atoms with Gasteiger partial charge < -0.3 is 15.0 Å². The Hall–Kier alpha value is -2.82.